The molecular formula is C13H25NO2. The molecule has 3 heteroatoms. The molecule has 2 aliphatic heterocycles. The summed E-state index contributed by atoms with van der Waals surface area (Å²) in [5, 5.41) is 3.65. The fourth-order valence-electron chi connectivity index (χ4n) is 2.91. The Labute approximate surface area is 98.9 Å². The van der Waals surface area contributed by atoms with Crippen molar-refractivity contribution in [3.63, 3.8) is 0 Å². The SMILES string of the molecule is CC(C)[C@H]1OCC[C@@H]1CN[C@@H]1CCO[C@H]1C. The molecule has 2 aliphatic rings. The molecule has 0 aromatic heterocycles. The van der Waals surface area contributed by atoms with Gasteiger partial charge in [0.15, 0.2) is 0 Å². The molecule has 0 saturated carbocycles. The molecule has 0 radical (unpaired) electrons. The molecule has 2 fully saturated rings. The number of hydrogen-bond acceptors (Lipinski definition) is 3. The standard InChI is InChI=1S/C13H25NO2/c1-9(2)13-11(4-6-16-13)8-14-12-5-7-15-10(12)3/h9-14H,4-8H2,1-3H3/t10-,11+,12+,13+/m0/s1. The lowest BCUT2D eigenvalue weighted by Gasteiger charge is -2.24. The highest BCUT2D eigenvalue weighted by Gasteiger charge is 2.32. The van der Waals surface area contributed by atoms with Crippen molar-refractivity contribution in [1.82, 2.24) is 5.32 Å². The fourth-order valence-corrected chi connectivity index (χ4v) is 2.91. The van der Waals surface area contributed by atoms with Gasteiger partial charge in [0, 0.05) is 25.8 Å². The van der Waals surface area contributed by atoms with Crippen LogP contribution in [0.3, 0.4) is 0 Å². The third-order valence-electron chi connectivity index (χ3n) is 3.94. The van der Waals surface area contributed by atoms with E-state index in [1.807, 2.05) is 0 Å². The molecule has 2 saturated heterocycles. The summed E-state index contributed by atoms with van der Waals surface area (Å²) in [7, 11) is 0. The summed E-state index contributed by atoms with van der Waals surface area (Å²) >= 11 is 0. The van der Waals surface area contributed by atoms with Crippen molar-refractivity contribution < 1.29 is 9.47 Å². The van der Waals surface area contributed by atoms with Crippen LogP contribution in [-0.4, -0.2) is 38.0 Å². The van der Waals surface area contributed by atoms with Gasteiger partial charge in [-0.1, -0.05) is 13.8 Å². The topological polar surface area (TPSA) is 30.5 Å². The first-order chi connectivity index (χ1) is 7.68. The largest absolute Gasteiger partial charge is 0.378 e. The zero-order valence-electron chi connectivity index (χ0n) is 10.7. The Morgan fingerprint density at radius 3 is 2.56 bits per heavy atom. The molecule has 0 amide bonds. The quantitative estimate of drug-likeness (QED) is 0.794. The van der Waals surface area contributed by atoms with Gasteiger partial charge in [0.1, 0.15) is 0 Å². The highest BCUT2D eigenvalue weighted by atomic mass is 16.5. The van der Waals surface area contributed by atoms with E-state index in [2.05, 4.69) is 26.1 Å². The molecule has 1 N–H and O–H groups in total. The number of rotatable bonds is 4. The number of ether oxygens (including phenoxy) is 2. The average Bonchev–Trinajstić information content (AvgIpc) is 2.83. The summed E-state index contributed by atoms with van der Waals surface area (Å²) in [5.41, 5.74) is 0. The predicted molar refractivity (Wildman–Crippen MR) is 64.5 cm³/mol. The molecule has 0 spiro atoms. The van der Waals surface area contributed by atoms with Crippen LogP contribution in [0.25, 0.3) is 0 Å². The lowest BCUT2D eigenvalue weighted by atomic mass is 9.92. The molecule has 2 rings (SSSR count). The van der Waals surface area contributed by atoms with Crippen LogP contribution in [0.15, 0.2) is 0 Å². The third-order valence-corrected chi connectivity index (χ3v) is 3.94. The molecule has 94 valence electrons. The maximum absolute atomic E-state index is 5.80. The Kier molecular flexibility index (Phi) is 4.22. The lowest BCUT2D eigenvalue weighted by Crippen LogP contribution is -2.40. The van der Waals surface area contributed by atoms with Crippen LogP contribution in [0.5, 0.6) is 0 Å². The van der Waals surface area contributed by atoms with E-state index in [1.165, 1.54) is 6.42 Å². The van der Waals surface area contributed by atoms with E-state index in [9.17, 15) is 0 Å². The van der Waals surface area contributed by atoms with Crippen molar-refractivity contribution in [3.8, 4) is 0 Å². The normalized spacial score (nSPS) is 39.8. The molecule has 0 aromatic rings. The Bertz CT molecular complexity index is 220. The Morgan fingerprint density at radius 2 is 1.94 bits per heavy atom. The molecule has 0 aromatic carbocycles. The summed E-state index contributed by atoms with van der Waals surface area (Å²) in [6, 6.07) is 0.549. The van der Waals surface area contributed by atoms with E-state index in [0.717, 1.165) is 26.2 Å². The van der Waals surface area contributed by atoms with Crippen molar-refractivity contribution in [2.45, 2.75) is 51.9 Å². The van der Waals surface area contributed by atoms with Gasteiger partial charge < -0.3 is 14.8 Å². The highest BCUT2D eigenvalue weighted by Crippen LogP contribution is 2.26. The first-order valence-corrected chi connectivity index (χ1v) is 6.65. The smallest absolute Gasteiger partial charge is 0.0700 e. The lowest BCUT2D eigenvalue weighted by molar-refractivity contribution is 0.0521. The number of nitrogens with one attached hydrogen (secondary N) is 1. The van der Waals surface area contributed by atoms with Crippen molar-refractivity contribution in [3.05, 3.63) is 0 Å². The van der Waals surface area contributed by atoms with E-state index >= 15 is 0 Å². The van der Waals surface area contributed by atoms with E-state index < -0.39 is 0 Å². The van der Waals surface area contributed by atoms with Crippen LogP contribution < -0.4 is 5.32 Å². The van der Waals surface area contributed by atoms with Gasteiger partial charge in [-0.3, -0.25) is 0 Å². The minimum atomic E-state index is 0.375. The molecule has 3 nitrogen and oxygen atoms in total. The van der Waals surface area contributed by atoms with E-state index in [4.69, 9.17) is 9.47 Å². The van der Waals surface area contributed by atoms with E-state index in [0.29, 0.717) is 30.1 Å². The van der Waals surface area contributed by atoms with Crippen molar-refractivity contribution >= 4 is 0 Å². The van der Waals surface area contributed by atoms with Gasteiger partial charge in [0.05, 0.1) is 12.2 Å². The maximum Gasteiger partial charge on any atom is 0.0700 e. The molecule has 16 heavy (non-hydrogen) atoms. The van der Waals surface area contributed by atoms with Gasteiger partial charge in [0.2, 0.25) is 0 Å². The Morgan fingerprint density at radius 1 is 1.19 bits per heavy atom. The van der Waals surface area contributed by atoms with Crippen LogP contribution >= 0.6 is 0 Å². The first kappa shape index (κ1) is 12.3. The van der Waals surface area contributed by atoms with Gasteiger partial charge in [-0.05, 0) is 31.6 Å². The van der Waals surface area contributed by atoms with Crippen LogP contribution in [-0.2, 0) is 9.47 Å². The third kappa shape index (κ3) is 2.76. The highest BCUT2D eigenvalue weighted by molar-refractivity contribution is 4.84. The van der Waals surface area contributed by atoms with Crippen molar-refractivity contribution in [2.75, 3.05) is 19.8 Å². The molecular weight excluding hydrogens is 202 g/mol. The molecule has 2 heterocycles. The minimum absolute atomic E-state index is 0.375. The van der Waals surface area contributed by atoms with Crippen LogP contribution in [0.4, 0.5) is 0 Å². The molecule has 0 aliphatic carbocycles. The summed E-state index contributed by atoms with van der Waals surface area (Å²) in [4.78, 5) is 0. The zero-order valence-corrected chi connectivity index (χ0v) is 10.7. The summed E-state index contributed by atoms with van der Waals surface area (Å²) in [6.07, 6.45) is 3.18. The van der Waals surface area contributed by atoms with Crippen LogP contribution in [0.2, 0.25) is 0 Å². The Hall–Kier alpha value is -0.120. The molecule has 0 bridgehead atoms. The van der Waals surface area contributed by atoms with Crippen LogP contribution in [0.1, 0.15) is 33.6 Å². The first-order valence-electron chi connectivity index (χ1n) is 6.65. The minimum Gasteiger partial charge on any atom is -0.378 e. The van der Waals surface area contributed by atoms with Crippen molar-refractivity contribution in [1.29, 1.82) is 0 Å². The fraction of sp³-hybridized carbons (Fsp3) is 1.00. The van der Waals surface area contributed by atoms with Gasteiger partial charge in [-0.25, -0.2) is 0 Å². The second kappa shape index (κ2) is 5.48. The predicted octanol–water partition coefficient (Wildman–Crippen LogP) is 1.81. The maximum atomic E-state index is 5.80. The summed E-state index contributed by atoms with van der Waals surface area (Å²) in [5.74, 6) is 1.32. The van der Waals surface area contributed by atoms with Crippen molar-refractivity contribution in [2.24, 2.45) is 11.8 Å². The van der Waals surface area contributed by atoms with E-state index in [1.54, 1.807) is 0 Å². The van der Waals surface area contributed by atoms with Gasteiger partial charge >= 0.3 is 0 Å². The molecule has 0 unspecified atom stereocenters. The summed E-state index contributed by atoms with van der Waals surface area (Å²) in [6.45, 7) is 9.60. The van der Waals surface area contributed by atoms with Gasteiger partial charge in [-0.15, -0.1) is 0 Å². The Balaban J connectivity index is 1.76. The number of hydrogen-bond donors (Lipinski definition) is 1. The van der Waals surface area contributed by atoms with Gasteiger partial charge in [0.25, 0.3) is 0 Å². The molecule has 4 atom stereocenters. The van der Waals surface area contributed by atoms with Gasteiger partial charge in [-0.2, -0.15) is 0 Å². The van der Waals surface area contributed by atoms with E-state index in [-0.39, 0.29) is 0 Å². The second-order valence-electron chi connectivity index (χ2n) is 5.51. The zero-order chi connectivity index (χ0) is 11.5. The summed E-state index contributed by atoms with van der Waals surface area (Å²) < 4.78 is 11.4. The average molecular weight is 227 g/mol. The monoisotopic (exact) mass is 227 g/mol. The second-order valence-corrected chi connectivity index (χ2v) is 5.51. The van der Waals surface area contributed by atoms with Crippen LogP contribution in [0, 0.1) is 11.8 Å².